The van der Waals surface area contributed by atoms with Gasteiger partial charge in [-0.15, -0.1) is 0 Å². The number of aryl methyl sites for hydroxylation is 1. The van der Waals surface area contributed by atoms with E-state index in [1.165, 1.54) is 5.56 Å². The van der Waals surface area contributed by atoms with Crippen molar-refractivity contribution in [3.8, 4) is 5.75 Å². The number of methoxy groups -OCH3 is 1. The molecule has 0 aliphatic carbocycles. The van der Waals surface area contributed by atoms with E-state index in [-0.39, 0.29) is 5.84 Å². The van der Waals surface area contributed by atoms with Gasteiger partial charge in [0, 0.05) is 5.69 Å². The van der Waals surface area contributed by atoms with Crippen LogP contribution in [0.5, 0.6) is 5.75 Å². The molecule has 2 rings (SSSR count). The molecule has 3 N–H and O–H groups in total. The fraction of sp³-hybridized carbons (Fsp3) is 0.333. The van der Waals surface area contributed by atoms with E-state index in [0.717, 1.165) is 17.0 Å². The van der Waals surface area contributed by atoms with Gasteiger partial charge in [0.1, 0.15) is 5.75 Å². The van der Waals surface area contributed by atoms with Crippen LogP contribution in [0.1, 0.15) is 28.1 Å². The van der Waals surface area contributed by atoms with E-state index in [4.69, 9.17) is 15.7 Å². The Hall–Kier alpha value is -2.50. The molecule has 0 spiro atoms. The molecule has 0 aliphatic heterocycles. The zero-order valence-corrected chi connectivity index (χ0v) is 12.7. The lowest BCUT2D eigenvalue weighted by molar-refractivity contribution is 0.318. The summed E-state index contributed by atoms with van der Waals surface area (Å²) in [7, 11) is 1.55. The molecule has 6 nitrogen and oxygen atoms in total. The summed E-state index contributed by atoms with van der Waals surface area (Å²) in [5.41, 5.74) is 10.6. The maximum atomic E-state index is 8.86. The average Bonchev–Trinajstić information content (AvgIpc) is 2.73. The molecular weight excluding hydrogens is 268 g/mol. The lowest BCUT2D eigenvalue weighted by atomic mass is 10.1. The molecular formula is C15H20N4O2. The van der Waals surface area contributed by atoms with Crippen LogP contribution >= 0.6 is 0 Å². The van der Waals surface area contributed by atoms with E-state index < -0.39 is 0 Å². The number of amidine groups is 1. The molecule has 0 unspecified atom stereocenters. The second-order valence-corrected chi connectivity index (χ2v) is 4.97. The van der Waals surface area contributed by atoms with Gasteiger partial charge in [-0.2, -0.15) is 5.10 Å². The molecule has 0 aliphatic rings. The summed E-state index contributed by atoms with van der Waals surface area (Å²) in [5.74, 6) is 0.594. The van der Waals surface area contributed by atoms with Crippen molar-refractivity contribution in [2.75, 3.05) is 7.11 Å². The van der Waals surface area contributed by atoms with Crippen molar-refractivity contribution in [3.63, 3.8) is 0 Å². The molecule has 0 fully saturated rings. The summed E-state index contributed by atoms with van der Waals surface area (Å²) < 4.78 is 7.17. The van der Waals surface area contributed by atoms with E-state index in [1.54, 1.807) is 13.2 Å². The first-order valence-corrected chi connectivity index (χ1v) is 6.63. The molecule has 1 aromatic carbocycles. The Labute approximate surface area is 123 Å². The SMILES string of the molecule is COc1ccc(Cn2nc(C)c(C)c2C)cc1C(N)=NO. The summed E-state index contributed by atoms with van der Waals surface area (Å²) in [5, 5.41) is 16.4. The van der Waals surface area contributed by atoms with E-state index >= 15 is 0 Å². The maximum Gasteiger partial charge on any atom is 0.173 e. The third-order valence-electron chi connectivity index (χ3n) is 3.72. The minimum absolute atomic E-state index is 0.0262. The monoisotopic (exact) mass is 288 g/mol. The van der Waals surface area contributed by atoms with E-state index in [1.807, 2.05) is 30.7 Å². The van der Waals surface area contributed by atoms with Crippen LogP contribution in [0.15, 0.2) is 23.4 Å². The number of nitrogens with two attached hydrogens (primary N) is 1. The standard InChI is InChI=1S/C15H20N4O2/c1-9-10(2)17-19(11(9)3)8-12-5-6-14(21-4)13(7-12)15(16)18-20/h5-7,20H,8H2,1-4H3,(H2,16,18). The van der Waals surface area contributed by atoms with Gasteiger partial charge in [-0.25, -0.2) is 0 Å². The molecule has 1 heterocycles. The Bertz CT molecular complexity index is 689. The number of benzene rings is 1. The van der Waals surface area contributed by atoms with Crippen LogP contribution < -0.4 is 10.5 Å². The van der Waals surface area contributed by atoms with Gasteiger partial charge in [-0.3, -0.25) is 4.68 Å². The molecule has 0 saturated carbocycles. The molecule has 0 amide bonds. The highest BCUT2D eigenvalue weighted by atomic mass is 16.5. The summed E-state index contributed by atoms with van der Waals surface area (Å²) in [6, 6.07) is 5.60. The first-order valence-electron chi connectivity index (χ1n) is 6.63. The van der Waals surface area contributed by atoms with Crippen LogP contribution in [-0.4, -0.2) is 27.9 Å². The van der Waals surface area contributed by atoms with Gasteiger partial charge in [-0.05, 0) is 44.0 Å². The minimum Gasteiger partial charge on any atom is -0.496 e. The van der Waals surface area contributed by atoms with Crippen molar-refractivity contribution in [3.05, 3.63) is 46.3 Å². The lowest BCUT2D eigenvalue weighted by Gasteiger charge is -2.10. The molecule has 6 heteroatoms. The number of rotatable bonds is 4. The fourth-order valence-corrected chi connectivity index (χ4v) is 2.22. The van der Waals surface area contributed by atoms with E-state index in [9.17, 15) is 0 Å². The summed E-state index contributed by atoms with van der Waals surface area (Å²) >= 11 is 0. The molecule has 0 radical (unpaired) electrons. The first kappa shape index (κ1) is 14.9. The molecule has 0 saturated heterocycles. The molecule has 0 atom stereocenters. The number of hydrogen-bond donors (Lipinski definition) is 2. The Balaban J connectivity index is 2.39. The second kappa shape index (κ2) is 5.87. The number of aromatic nitrogens is 2. The molecule has 0 bridgehead atoms. The normalized spacial score (nSPS) is 11.7. The van der Waals surface area contributed by atoms with Crippen molar-refractivity contribution in [2.24, 2.45) is 10.9 Å². The van der Waals surface area contributed by atoms with Crippen LogP contribution in [0.4, 0.5) is 0 Å². The summed E-state index contributed by atoms with van der Waals surface area (Å²) in [4.78, 5) is 0. The maximum absolute atomic E-state index is 8.86. The predicted molar refractivity (Wildman–Crippen MR) is 81.0 cm³/mol. The van der Waals surface area contributed by atoms with Gasteiger partial charge in [0.2, 0.25) is 0 Å². The van der Waals surface area contributed by atoms with Crippen LogP contribution in [-0.2, 0) is 6.54 Å². The molecule has 1 aromatic heterocycles. The third-order valence-corrected chi connectivity index (χ3v) is 3.72. The minimum atomic E-state index is 0.0262. The number of hydrogen-bond acceptors (Lipinski definition) is 4. The van der Waals surface area contributed by atoms with Crippen molar-refractivity contribution in [2.45, 2.75) is 27.3 Å². The third kappa shape index (κ3) is 2.84. The average molecular weight is 288 g/mol. The van der Waals surface area contributed by atoms with Crippen LogP contribution in [0.25, 0.3) is 0 Å². The van der Waals surface area contributed by atoms with Gasteiger partial charge < -0.3 is 15.7 Å². The largest absolute Gasteiger partial charge is 0.496 e. The second-order valence-electron chi connectivity index (χ2n) is 4.97. The zero-order valence-electron chi connectivity index (χ0n) is 12.7. The fourth-order valence-electron chi connectivity index (χ4n) is 2.22. The topological polar surface area (TPSA) is 85.7 Å². The Morgan fingerprint density at radius 3 is 2.62 bits per heavy atom. The Kier molecular flexibility index (Phi) is 4.16. The van der Waals surface area contributed by atoms with Crippen LogP contribution in [0, 0.1) is 20.8 Å². The van der Waals surface area contributed by atoms with Gasteiger partial charge in [0.25, 0.3) is 0 Å². The van der Waals surface area contributed by atoms with Crippen molar-refractivity contribution in [1.82, 2.24) is 9.78 Å². The van der Waals surface area contributed by atoms with Crippen molar-refractivity contribution >= 4 is 5.84 Å². The highest BCUT2D eigenvalue weighted by molar-refractivity contribution is 5.99. The van der Waals surface area contributed by atoms with E-state index in [0.29, 0.717) is 17.9 Å². The Morgan fingerprint density at radius 1 is 1.38 bits per heavy atom. The highest BCUT2D eigenvalue weighted by Crippen LogP contribution is 2.21. The number of oxime groups is 1. The molecule has 2 aromatic rings. The molecule has 112 valence electrons. The van der Waals surface area contributed by atoms with Gasteiger partial charge in [-0.1, -0.05) is 11.2 Å². The number of ether oxygens (including phenoxy) is 1. The van der Waals surface area contributed by atoms with Gasteiger partial charge >= 0.3 is 0 Å². The van der Waals surface area contributed by atoms with Crippen LogP contribution in [0.3, 0.4) is 0 Å². The van der Waals surface area contributed by atoms with Gasteiger partial charge in [0.15, 0.2) is 5.84 Å². The van der Waals surface area contributed by atoms with Gasteiger partial charge in [0.05, 0.1) is 24.9 Å². The summed E-state index contributed by atoms with van der Waals surface area (Å²) in [6.07, 6.45) is 0. The van der Waals surface area contributed by atoms with Crippen molar-refractivity contribution in [1.29, 1.82) is 0 Å². The summed E-state index contributed by atoms with van der Waals surface area (Å²) in [6.45, 7) is 6.72. The molecule has 21 heavy (non-hydrogen) atoms. The Morgan fingerprint density at radius 2 is 2.10 bits per heavy atom. The zero-order chi connectivity index (χ0) is 15.6. The highest BCUT2D eigenvalue weighted by Gasteiger charge is 2.11. The predicted octanol–water partition coefficient (Wildman–Crippen LogP) is 1.96. The quantitative estimate of drug-likeness (QED) is 0.390. The van der Waals surface area contributed by atoms with Crippen LogP contribution in [0.2, 0.25) is 0 Å². The smallest absolute Gasteiger partial charge is 0.173 e. The van der Waals surface area contributed by atoms with Crippen molar-refractivity contribution < 1.29 is 9.94 Å². The number of nitrogens with zero attached hydrogens (tertiary/aromatic N) is 3. The van der Waals surface area contributed by atoms with E-state index in [2.05, 4.69) is 17.2 Å². The lowest BCUT2D eigenvalue weighted by Crippen LogP contribution is -2.15. The first-order chi connectivity index (χ1) is 9.97.